The highest BCUT2D eigenvalue weighted by molar-refractivity contribution is 14.1. The lowest BCUT2D eigenvalue weighted by molar-refractivity contribution is -0.116. The van der Waals surface area contributed by atoms with E-state index in [2.05, 4.69) is 45.2 Å². The lowest BCUT2D eigenvalue weighted by Crippen LogP contribution is -2.31. The Labute approximate surface area is 238 Å². The summed E-state index contributed by atoms with van der Waals surface area (Å²) < 4.78 is 2.17. The van der Waals surface area contributed by atoms with E-state index in [1.54, 1.807) is 9.80 Å². The maximum atomic E-state index is 13.4. The predicted octanol–water partition coefficient (Wildman–Crippen LogP) is 7.22. The number of carbonyl (C=O) groups is 2. The van der Waals surface area contributed by atoms with Crippen molar-refractivity contribution in [3.8, 4) is 0 Å². The van der Waals surface area contributed by atoms with Crippen molar-refractivity contribution in [3.05, 3.63) is 140 Å². The van der Waals surface area contributed by atoms with Gasteiger partial charge in [-0.2, -0.15) is 0 Å². The summed E-state index contributed by atoms with van der Waals surface area (Å²) in [4.78, 5) is 30.1. The molecule has 0 heterocycles. The molecule has 0 atom stereocenters. The van der Waals surface area contributed by atoms with Gasteiger partial charge in [-0.05, 0) is 105 Å². The summed E-state index contributed by atoms with van der Waals surface area (Å²) in [6, 6.07) is 35.2. The minimum Gasteiger partial charge on any atom is -0.304 e. The van der Waals surface area contributed by atoms with Crippen LogP contribution in [0.1, 0.15) is 11.1 Å². The molecular formula is C30H24I2N2O2. The topological polar surface area (TPSA) is 40.6 Å². The number of anilines is 2. The number of hydrogen-bond acceptors (Lipinski definition) is 2. The Balaban J connectivity index is 1.59. The van der Waals surface area contributed by atoms with E-state index in [0.29, 0.717) is 13.1 Å². The van der Waals surface area contributed by atoms with Gasteiger partial charge in [0.2, 0.25) is 0 Å². The van der Waals surface area contributed by atoms with Crippen LogP contribution < -0.4 is 9.80 Å². The number of carbonyl (C=O) groups excluding carboxylic acids is 2. The third-order valence-corrected chi connectivity index (χ3v) is 6.98. The fourth-order valence-corrected chi connectivity index (χ4v) is 4.41. The van der Waals surface area contributed by atoms with Crippen LogP contribution in [0.25, 0.3) is 0 Å². The van der Waals surface area contributed by atoms with Gasteiger partial charge in [-0.25, -0.2) is 0 Å². The average molecular weight is 698 g/mol. The number of rotatable bonds is 8. The molecule has 4 nitrogen and oxygen atoms in total. The van der Waals surface area contributed by atoms with Gasteiger partial charge in [0.25, 0.3) is 11.8 Å². The molecule has 2 amide bonds. The second-order valence-corrected chi connectivity index (χ2v) is 10.6. The highest BCUT2D eigenvalue weighted by Gasteiger charge is 2.17. The van der Waals surface area contributed by atoms with Gasteiger partial charge in [0.05, 0.1) is 13.1 Å². The summed E-state index contributed by atoms with van der Waals surface area (Å²) in [6.45, 7) is 0.813. The molecule has 36 heavy (non-hydrogen) atoms. The van der Waals surface area contributed by atoms with Crippen LogP contribution in [-0.4, -0.2) is 11.8 Å². The number of hydrogen-bond donors (Lipinski definition) is 0. The Morgan fingerprint density at radius 3 is 1.19 bits per heavy atom. The van der Waals surface area contributed by atoms with Crippen molar-refractivity contribution in [1.29, 1.82) is 0 Å². The molecule has 0 aliphatic rings. The summed E-state index contributed by atoms with van der Waals surface area (Å²) >= 11 is 4.48. The van der Waals surface area contributed by atoms with Gasteiger partial charge in [-0.3, -0.25) is 9.59 Å². The highest BCUT2D eigenvalue weighted by atomic mass is 127. The predicted molar refractivity (Wildman–Crippen MR) is 163 cm³/mol. The normalized spacial score (nSPS) is 10.8. The standard InChI is InChI=1S/C30H24I2N2O2/c31-25-11-15-27(16-12-25)33(21-23-7-3-1-4-8-23)29(35)19-20-30(36)34(22-24-9-5-2-6-10-24)28-17-13-26(32)14-18-28/h1-20H,21-22H2/b20-19+. The third-order valence-electron chi connectivity index (χ3n) is 5.54. The smallest absolute Gasteiger partial charge is 0.251 e. The van der Waals surface area contributed by atoms with Crippen molar-refractivity contribution >= 4 is 68.4 Å². The molecule has 0 radical (unpaired) electrons. The zero-order chi connectivity index (χ0) is 25.3. The van der Waals surface area contributed by atoms with E-state index < -0.39 is 0 Å². The minimum atomic E-state index is -0.254. The molecule has 6 heteroatoms. The average Bonchev–Trinajstić information content (AvgIpc) is 2.91. The minimum absolute atomic E-state index is 0.254. The van der Waals surface area contributed by atoms with Crippen molar-refractivity contribution < 1.29 is 9.59 Å². The van der Waals surface area contributed by atoms with Gasteiger partial charge in [0.1, 0.15) is 0 Å². The second kappa shape index (κ2) is 12.8. The second-order valence-electron chi connectivity index (χ2n) is 8.11. The van der Waals surface area contributed by atoms with E-state index >= 15 is 0 Å². The molecule has 0 fully saturated rings. The van der Waals surface area contributed by atoms with Crippen LogP contribution in [0.3, 0.4) is 0 Å². The van der Waals surface area contributed by atoms with Crippen LogP contribution in [0.5, 0.6) is 0 Å². The largest absolute Gasteiger partial charge is 0.304 e. The summed E-state index contributed by atoms with van der Waals surface area (Å²) in [5, 5.41) is 0. The molecule has 0 unspecified atom stereocenters. The Hall–Kier alpha value is -2.98. The Morgan fingerprint density at radius 1 is 0.528 bits per heavy atom. The summed E-state index contributed by atoms with van der Waals surface area (Å²) in [5.41, 5.74) is 3.57. The van der Waals surface area contributed by atoms with Gasteiger partial charge in [-0.1, -0.05) is 60.7 Å². The first-order valence-electron chi connectivity index (χ1n) is 11.4. The van der Waals surface area contributed by atoms with E-state index in [9.17, 15) is 9.59 Å². The number of amides is 2. The van der Waals surface area contributed by atoms with E-state index in [-0.39, 0.29) is 11.8 Å². The van der Waals surface area contributed by atoms with Gasteiger partial charge in [0.15, 0.2) is 0 Å². The van der Waals surface area contributed by atoms with Crippen molar-refractivity contribution in [3.63, 3.8) is 0 Å². The number of nitrogens with zero attached hydrogens (tertiary/aromatic N) is 2. The van der Waals surface area contributed by atoms with Crippen molar-refractivity contribution in [2.24, 2.45) is 0 Å². The molecule has 180 valence electrons. The molecule has 4 aromatic carbocycles. The van der Waals surface area contributed by atoms with Gasteiger partial charge < -0.3 is 9.80 Å². The summed E-state index contributed by atoms with van der Waals surface area (Å²) in [5.74, 6) is -0.508. The molecule has 0 aliphatic heterocycles. The molecule has 0 aromatic heterocycles. The highest BCUT2D eigenvalue weighted by Crippen LogP contribution is 2.22. The third kappa shape index (κ3) is 7.27. The molecular weight excluding hydrogens is 674 g/mol. The Bertz CT molecular complexity index is 1220. The van der Waals surface area contributed by atoms with Gasteiger partial charge >= 0.3 is 0 Å². The molecule has 0 bridgehead atoms. The number of halogens is 2. The van der Waals surface area contributed by atoms with Crippen molar-refractivity contribution in [2.75, 3.05) is 9.80 Å². The first kappa shape index (κ1) is 26.1. The van der Waals surface area contributed by atoms with Crippen LogP contribution in [0.4, 0.5) is 11.4 Å². The zero-order valence-electron chi connectivity index (χ0n) is 19.4. The fourth-order valence-electron chi connectivity index (χ4n) is 3.69. The van der Waals surface area contributed by atoms with Gasteiger partial charge in [0, 0.05) is 30.7 Å². The quantitative estimate of drug-likeness (QED) is 0.144. The summed E-state index contributed by atoms with van der Waals surface area (Å²) in [7, 11) is 0. The molecule has 0 saturated heterocycles. The van der Waals surface area contributed by atoms with E-state index in [1.807, 2.05) is 109 Å². The van der Waals surface area contributed by atoms with Crippen LogP contribution in [0.2, 0.25) is 0 Å². The van der Waals surface area contributed by atoms with Crippen LogP contribution in [0.15, 0.2) is 121 Å². The molecule has 4 aromatic rings. The fraction of sp³-hybridized carbons (Fsp3) is 0.0667. The van der Waals surface area contributed by atoms with Crippen LogP contribution >= 0.6 is 45.2 Å². The maximum Gasteiger partial charge on any atom is 0.251 e. The Kier molecular flexibility index (Phi) is 9.29. The van der Waals surface area contributed by atoms with Crippen LogP contribution in [-0.2, 0) is 22.7 Å². The maximum absolute atomic E-state index is 13.4. The molecule has 0 aliphatic carbocycles. The SMILES string of the molecule is O=C(/C=C/C(=O)N(Cc1ccccc1)c1ccc(I)cc1)N(Cc1ccccc1)c1ccc(I)cc1. The first-order chi connectivity index (χ1) is 17.5. The van der Waals surface area contributed by atoms with E-state index in [0.717, 1.165) is 29.6 Å². The van der Waals surface area contributed by atoms with E-state index in [1.165, 1.54) is 12.2 Å². The first-order valence-corrected chi connectivity index (χ1v) is 13.6. The van der Waals surface area contributed by atoms with Crippen molar-refractivity contribution in [2.45, 2.75) is 13.1 Å². The van der Waals surface area contributed by atoms with E-state index in [4.69, 9.17) is 0 Å². The van der Waals surface area contributed by atoms with Gasteiger partial charge in [-0.15, -0.1) is 0 Å². The lowest BCUT2D eigenvalue weighted by Gasteiger charge is -2.23. The van der Waals surface area contributed by atoms with Crippen molar-refractivity contribution in [1.82, 2.24) is 0 Å². The monoisotopic (exact) mass is 698 g/mol. The molecule has 0 N–H and O–H groups in total. The zero-order valence-corrected chi connectivity index (χ0v) is 23.7. The molecule has 0 saturated carbocycles. The lowest BCUT2D eigenvalue weighted by atomic mass is 10.1. The molecule has 4 rings (SSSR count). The summed E-state index contributed by atoms with van der Waals surface area (Å²) in [6.07, 6.45) is 2.74. The Morgan fingerprint density at radius 2 is 0.861 bits per heavy atom. The van der Waals surface area contributed by atoms with Crippen LogP contribution in [0, 0.1) is 7.14 Å². The number of benzene rings is 4. The molecule has 0 spiro atoms.